The number of hydrogen-bond acceptors (Lipinski definition) is 8. The summed E-state index contributed by atoms with van der Waals surface area (Å²) in [6.45, 7) is 2.00. The van der Waals surface area contributed by atoms with Crippen molar-refractivity contribution >= 4 is 40.2 Å². The molecule has 4 aromatic rings. The second-order valence-electron chi connectivity index (χ2n) is 8.07. The van der Waals surface area contributed by atoms with E-state index in [1.54, 1.807) is 53.2 Å². The molecule has 38 heavy (non-hydrogen) atoms. The molecule has 0 N–H and O–H groups in total. The summed E-state index contributed by atoms with van der Waals surface area (Å²) in [5.74, 6) is 2.11. The molecule has 0 fully saturated rings. The lowest BCUT2D eigenvalue weighted by atomic mass is 9.93. The van der Waals surface area contributed by atoms with Crippen LogP contribution in [0.2, 0.25) is 5.02 Å². The Kier molecular flexibility index (Phi) is 8.86. The molecule has 1 aromatic heterocycles. The maximum Gasteiger partial charge on any atom is 0.340 e. The molecule has 0 atom stereocenters. The molecule has 0 aliphatic heterocycles. The van der Waals surface area contributed by atoms with Crippen LogP contribution in [-0.4, -0.2) is 46.0 Å². The van der Waals surface area contributed by atoms with Gasteiger partial charge in [0.15, 0.2) is 23.0 Å². The van der Waals surface area contributed by atoms with E-state index in [-0.39, 0.29) is 6.61 Å². The molecule has 0 unspecified atom stereocenters. The van der Waals surface area contributed by atoms with Crippen LogP contribution < -0.4 is 18.9 Å². The molecule has 7 nitrogen and oxygen atoms in total. The molecule has 3 aromatic carbocycles. The number of esters is 1. The Morgan fingerprint density at radius 1 is 0.842 bits per heavy atom. The van der Waals surface area contributed by atoms with Gasteiger partial charge >= 0.3 is 5.97 Å². The molecule has 0 bridgehead atoms. The molecule has 0 spiro atoms. The number of pyridine rings is 1. The molecular weight excluding hydrogens is 526 g/mol. The van der Waals surface area contributed by atoms with Crippen molar-refractivity contribution < 1.29 is 28.5 Å². The van der Waals surface area contributed by atoms with Gasteiger partial charge in [0.25, 0.3) is 0 Å². The summed E-state index contributed by atoms with van der Waals surface area (Å²) in [5, 5.41) is 1.36. The zero-order valence-electron chi connectivity index (χ0n) is 21.8. The second-order valence-corrected chi connectivity index (χ2v) is 9.55. The standard InChI is InChI=1S/C29H28ClNO6S/c1-6-37-29(32)28-22(16-38-19-10-8-18(30)9-11-19)31-21-15-26(36-5)25(35-4)14-20(21)27(28)17-7-12-23(33-2)24(13-17)34-3/h7-15H,6,16H2,1-5H3. The average Bonchev–Trinajstić information content (AvgIpc) is 2.94. The first-order valence-electron chi connectivity index (χ1n) is 11.8. The number of halogens is 1. The SMILES string of the molecule is CCOC(=O)c1c(CSc2ccc(Cl)cc2)nc2cc(OC)c(OC)cc2c1-c1ccc(OC)c(OC)c1. The quantitative estimate of drug-likeness (QED) is 0.153. The number of rotatable bonds is 10. The molecule has 4 rings (SSSR count). The van der Waals surface area contributed by atoms with Crippen LogP contribution in [0.25, 0.3) is 22.0 Å². The van der Waals surface area contributed by atoms with Crippen molar-refractivity contribution in [2.24, 2.45) is 0 Å². The Hall–Kier alpha value is -3.62. The summed E-state index contributed by atoms with van der Waals surface area (Å²) < 4.78 is 27.7. The van der Waals surface area contributed by atoms with Crippen LogP contribution in [0.3, 0.4) is 0 Å². The number of nitrogens with zero attached hydrogens (tertiary/aromatic N) is 1. The summed E-state index contributed by atoms with van der Waals surface area (Å²) >= 11 is 7.61. The Morgan fingerprint density at radius 3 is 2.11 bits per heavy atom. The van der Waals surface area contributed by atoms with Gasteiger partial charge in [-0.05, 0) is 55.0 Å². The fourth-order valence-corrected chi connectivity index (χ4v) is 5.11. The first kappa shape index (κ1) is 27.4. The number of ether oxygens (including phenoxy) is 5. The summed E-state index contributed by atoms with van der Waals surface area (Å²) in [4.78, 5) is 19.4. The molecule has 0 amide bonds. The number of fused-ring (bicyclic) bond motifs is 1. The van der Waals surface area contributed by atoms with Crippen LogP contribution in [0.15, 0.2) is 59.5 Å². The Bertz CT molecular complexity index is 1460. The monoisotopic (exact) mass is 553 g/mol. The zero-order valence-corrected chi connectivity index (χ0v) is 23.4. The van der Waals surface area contributed by atoms with E-state index >= 15 is 0 Å². The van der Waals surface area contributed by atoms with Crippen molar-refractivity contribution in [1.82, 2.24) is 4.98 Å². The molecule has 9 heteroatoms. The average molecular weight is 554 g/mol. The highest BCUT2D eigenvalue weighted by Crippen LogP contribution is 2.42. The van der Waals surface area contributed by atoms with Gasteiger partial charge < -0.3 is 23.7 Å². The number of carbonyl (C=O) groups is 1. The number of methoxy groups -OCH3 is 4. The third-order valence-corrected chi connectivity index (χ3v) is 7.18. The molecule has 1 heterocycles. The number of hydrogen-bond donors (Lipinski definition) is 0. The van der Waals surface area contributed by atoms with Crippen molar-refractivity contribution in [3.8, 4) is 34.1 Å². The van der Waals surface area contributed by atoms with Gasteiger partial charge in [0.1, 0.15) is 0 Å². The van der Waals surface area contributed by atoms with E-state index < -0.39 is 5.97 Å². The number of aromatic nitrogens is 1. The smallest absolute Gasteiger partial charge is 0.340 e. The maximum absolute atomic E-state index is 13.5. The molecule has 0 saturated carbocycles. The van der Waals surface area contributed by atoms with Crippen molar-refractivity contribution in [3.63, 3.8) is 0 Å². The molecule has 0 radical (unpaired) electrons. The molecule has 0 aliphatic carbocycles. The van der Waals surface area contributed by atoms with E-state index in [0.29, 0.717) is 61.5 Å². The molecule has 198 valence electrons. The Labute approximate surface area is 231 Å². The third-order valence-electron chi connectivity index (χ3n) is 5.91. The minimum absolute atomic E-state index is 0.220. The summed E-state index contributed by atoms with van der Waals surface area (Å²) in [7, 11) is 6.28. The topological polar surface area (TPSA) is 76.1 Å². The molecule has 0 aliphatic rings. The normalized spacial score (nSPS) is 10.8. The van der Waals surface area contributed by atoms with Gasteiger partial charge in [-0.2, -0.15) is 0 Å². The lowest BCUT2D eigenvalue weighted by Gasteiger charge is -2.19. The summed E-state index contributed by atoms with van der Waals surface area (Å²) in [6, 6.07) is 16.7. The largest absolute Gasteiger partial charge is 0.493 e. The van der Waals surface area contributed by atoms with E-state index in [4.69, 9.17) is 40.3 Å². The van der Waals surface area contributed by atoms with Gasteiger partial charge in [-0.15, -0.1) is 11.8 Å². The van der Waals surface area contributed by atoms with Crippen molar-refractivity contribution in [2.75, 3.05) is 35.0 Å². The summed E-state index contributed by atoms with van der Waals surface area (Å²) in [6.07, 6.45) is 0. The van der Waals surface area contributed by atoms with Gasteiger partial charge in [0, 0.05) is 32.7 Å². The fraction of sp³-hybridized carbons (Fsp3) is 0.241. The van der Waals surface area contributed by atoms with E-state index in [1.165, 1.54) is 0 Å². The van der Waals surface area contributed by atoms with Gasteiger partial charge in [0.2, 0.25) is 0 Å². The lowest BCUT2D eigenvalue weighted by Crippen LogP contribution is -2.12. The van der Waals surface area contributed by atoms with Crippen LogP contribution in [-0.2, 0) is 10.5 Å². The zero-order chi connectivity index (χ0) is 27.2. The summed E-state index contributed by atoms with van der Waals surface area (Å²) in [5.41, 5.74) is 2.99. The first-order valence-corrected chi connectivity index (χ1v) is 13.2. The first-order chi connectivity index (χ1) is 18.4. The molecule has 0 saturated heterocycles. The maximum atomic E-state index is 13.5. The molecular formula is C29H28ClNO6S. The van der Waals surface area contributed by atoms with Crippen LogP contribution in [0.1, 0.15) is 23.0 Å². The van der Waals surface area contributed by atoms with Gasteiger partial charge in [-0.25, -0.2) is 4.79 Å². The lowest BCUT2D eigenvalue weighted by molar-refractivity contribution is 0.0526. The highest BCUT2D eigenvalue weighted by Gasteiger charge is 2.26. The predicted octanol–water partition coefficient (Wildman–Crippen LogP) is 7.06. The highest BCUT2D eigenvalue weighted by molar-refractivity contribution is 7.98. The van der Waals surface area contributed by atoms with E-state index in [9.17, 15) is 4.79 Å². The van der Waals surface area contributed by atoms with Crippen LogP contribution in [0.4, 0.5) is 0 Å². The highest BCUT2D eigenvalue weighted by atomic mass is 35.5. The van der Waals surface area contributed by atoms with Crippen molar-refractivity contribution in [3.05, 3.63) is 70.9 Å². The Balaban J connectivity index is 2.02. The second kappa shape index (κ2) is 12.3. The number of benzene rings is 3. The number of thioether (sulfide) groups is 1. The van der Waals surface area contributed by atoms with Gasteiger partial charge in [-0.3, -0.25) is 4.98 Å². The van der Waals surface area contributed by atoms with Crippen molar-refractivity contribution in [2.45, 2.75) is 17.6 Å². The van der Waals surface area contributed by atoms with Crippen LogP contribution in [0, 0.1) is 0 Å². The van der Waals surface area contributed by atoms with Crippen LogP contribution in [0.5, 0.6) is 23.0 Å². The minimum atomic E-state index is -0.465. The van der Waals surface area contributed by atoms with Gasteiger partial charge in [0.05, 0.1) is 51.8 Å². The van der Waals surface area contributed by atoms with Crippen molar-refractivity contribution in [1.29, 1.82) is 0 Å². The minimum Gasteiger partial charge on any atom is -0.493 e. The number of carbonyl (C=O) groups excluding carboxylic acids is 1. The Morgan fingerprint density at radius 2 is 1.47 bits per heavy atom. The predicted molar refractivity (Wildman–Crippen MR) is 150 cm³/mol. The van der Waals surface area contributed by atoms with Gasteiger partial charge in [-0.1, -0.05) is 17.7 Å². The fourth-order valence-electron chi connectivity index (χ4n) is 4.14. The third kappa shape index (κ3) is 5.61. The van der Waals surface area contributed by atoms with Crippen LogP contribution >= 0.6 is 23.4 Å². The van der Waals surface area contributed by atoms with E-state index in [2.05, 4.69) is 0 Å². The van der Waals surface area contributed by atoms with E-state index in [0.717, 1.165) is 10.5 Å². The van der Waals surface area contributed by atoms with E-state index in [1.807, 2.05) is 48.5 Å².